The van der Waals surface area contributed by atoms with Crippen molar-refractivity contribution in [2.45, 2.75) is 17.5 Å². The van der Waals surface area contributed by atoms with E-state index in [0.29, 0.717) is 5.25 Å². The molecule has 0 saturated heterocycles. The molecule has 130 valence electrons. The summed E-state index contributed by atoms with van der Waals surface area (Å²) < 4.78 is 2.12. The third-order valence-electron chi connectivity index (χ3n) is 3.71. The first-order chi connectivity index (χ1) is 12.2. The number of nitrogens with zero attached hydrogens (tertiary/aromatic N) is 2. The minimum absolute atomic E-state index is 0.365. The van der Waals surface area contributed by atoms with E-state index in [1.165, 1.54) is 11.1 Å². The van der Waals surface area contributed by atoms with Crippen molar-refractivity contribution in [2.24, 2.45) is 0 Å². The third-order valence-corrected chi connectivity index (χ3v) is 6.79. The molecular weight excluding hydrogens is 391 g/mol. The first-order valence-corrected chi connectivity index (χ1v) is 10.8. The normalized spacial score (nSPS) is 12.2. The van der Waals surface area contributed by atoms with Crippen LogP contribution < -0.4 is 0 Å². The minimum Gasteiger partial charge on any atom is -0.336 e. The van der Waals surface area contributed by atoms with E-state index in [1.54, 1.807) is 0 Å². The van der Waals surface area contributed by atoms with Crippen LogP contribution in [0.2, 0.25) is 10.0 Å². The van der Waals surface area contributed by atoms with Crippen LogP contribution in [0.1, 0.15) is 16.4 Å². The summed E-state index contributed by atoms with van der Waals surface area (Å²) in [5.74, 6) is 0.989. The van der Waals surface area contributed by atoms with Gasteiger partial charge in [-0.3, -0.25) is 0 Å². The largest absolute Gasteiger partial charge is 0.336 e. The fourth-order valence-corrected chi connectivity index (χ4v) is 5.07. The van der Waals surface area contributed by atoms with Crippen molar-refractivity contribution in [3.05, 3.63) is 88.4 Å². The summed E-state index contributed by atoms with van der Waals surface area (Å²) in [5.41, 5.74) is 2.59. The summed E-state index contributed by atoms with van der Waals surface area (Å²) in [7, 11) is 0. The van der Waals surface area contributed by atoms with E-state index < -0.39 is 0 Å². The van der Waals surface area contributed by atoms with Gasteiger partial charge in [-0.15, -0.1) is 23.5 Å². The van der Waals surface area contributed by atoms with Crippen LogP contribution in [0.25, 0.3) is 0 Å². The van der Waals surface area contributed by atoms with Gasteiger partial charge >= 0.3 is 0 Å². The molecule has 1 atom stereocenters. The van der Waals surface area contributed by atoms with Crippen molar-refractivity contribution in [3.8, 4) is 0 Å². The molecule has 0 saturated carbocycles. The Labute approximate surface area is 166 Å². The average molecular weight is 409 g/mol. The first-order valence-electron chi connectivity index (χ1n) is 7.86. The maximum atomic E-state index is 6.03. The van der Waals surface area contributed by atoms with Crippen molar-refractivity contribution in [1.29, 1.82) is 0 Å². The van der Waals surface area contributed by atoms with E-state index in [-0.39, 0.29) is 0 Å². The van der Waals surface area contributed by atoms with Crippen LogP contribution in [0, 0.1) is 0 Å². The molecule has 25 heavy (non-hydrogen) atoms. The Balaban J connectivity index is 1.57. The number of imidazole rings is 1. The zero-order valence-corrected chi connectivity index (χ0v) is 16.7. The van der Waals surface area contributed by atoms with Gasteiger partial charge in [-0.2, -0.15) is 0 Å². The van der Waals surface area contributed by atoms with Crippen LogP contribution in [0.5, 0.6) is 0 Å². The molecule has 0 fully saturated rings. The first kappa shape index (κ1) is 18.7. The predicted octanol–water partition coefficient (Wildman–Crippen LogP) is 6.56. The molecule has 0 N–H and O–H groups in total. The molecule has 2 nitrogen and oxygen atoms in total. The van der Waals surface area contributed by atoms with Crippen molar-refractivity contribution >= 4 is 46.7 Å². The maximum Gasteiger partial charge on any atom is 0.0946 e. The molecule has 1 unspecified atom stereocenters. The molecule has 1 heterocycles. The second kappa shape index (κ2) is 9.58. The number of benzene rings is 2. The van der Waals surface area contributed by atoms with Crippen molar-refractivity contribution in [1.82, 2.24) is 9.55 Å². The van der Waals surface area contributed by atoms with E-state index >= 15 is 0 Å². The fourth-order valence-electron chi connectivity index (χ4n) is 2.39. The molecule has 0 amide bonds. The Kier molecular flexibility index (Phi) is 7.17. The fraction of sp³-hybridized carbons (Fsp3) is 0.211. The highest BCUT2D eigenvalue weighted by molar-refractivity contribution is 8.15. The van der Waals surface area contributed by atoms with Crippen LogP contribution in [0.4, 0.5) is 0 Å². The molecule has 3 rings (SSSR count). The summed E-state index contributed by atoms with van der Waals surface area (Å²) in [5, 5.41) is 2.94. The highest BCUT2D eigenvalue weighted by Gasteiger charge is 2.13. The van der Waals surface area contributed by atoms with Gasteiger partial charge in [0.25, 0.3) is 0 Å². The van der Waals surface area contributed by atoms with E-state index in [2.05, 4.69) is 33.8 Å². The molecule has 3 aromatic rings. The molecule has 0 spiro atoms. The predicted molar refractivity (Wildman–Crippen MR) is 112 cm³/mol. The molecule has 0 aliphatic rings. The van der Waals surface area contributed by atoms with Gasteiger partial charge in [-0.25, -0.2) is 4.98 Å². The summed E-state index contributed by atoms with van der Waals surface area (Å²) in [6.45, 7) is 0.897. The molecule has 2 aromatic carbocycles. The Bertz CT molecular complexity index is 759. The summed E-state index contributed by atoms with van der Waals surface area (Å²) >= 11 is 15.8. The molecule has 0 radical (unpaired) electrons. The molecule has 1 aromatic heterocycles. The van der Waals surface area contributed by atoms with E-state index in [4.69, 9.17) is 23.2 Å². The lowest BCUT2D eigenvalue weighted by Crippen LogP contribution is -2.05. The van der Waals surface area contributed by atoms with Crippen LogP contribution >= 0.6 is 46.7 Å². The lowest BCUT2D eigenvalue weighted by atomic mass is 10.1. The zero-order chi connectivity index (χ0) is 17.5. The van der Waals surface area contributed by atoms with Crippen molar-refractivity contribution in [3.63, 3.8) is 0 Å². The monoisotopic (exact) mass is 408 g/mol. The number of hydrogen-bond donors (Lipinski definition) is 0. The van der Waals surface area contributed by atoms with Gasteiger partial charge in [0, 0.05) is 45.1 Å². The van der Waals surface area contributed by atoms with Gasteiger partial charge in [0.05, 0.1) is 6.33 Å². The quantitative estimate of drug-likeness (QED) is 0.310. The Morgan fingerprint density at radius 2 is 1.64 bits per heavy atom. The van der Waals surface area contributed by atoms with Gasteiger partial charge in [-0.1, -0.05) is 47.5 Å². The second-order valence-corrected chi connectivity index (χ2v) is 8.97. The van der Waals surface area contributed by atoms with Crippen LogP contribution in [-0.2, 0) is 12.3 Å². The molecular formula is C19H18Cl2N2S2. The Hall–Kier alpha value is -1.07. The summed E-state index contributed by atoms with van der Waals surface area (Å²) in [6, 6.07) is 16.2. The van der Waals surface area contributed by atoms with Crippen LogP contribution in [0.3, 0.4) is 0 Å². The zero-order valence-electron chi connectivity index (χ0n) is 13.5. The van der Waals surface area contributed by atoms with E-state index in [0.717, 1.165) is 27.4 Å². The average Bonchev–Trinajstić information content (AvgIpc) is 3.13. The number of thioether (sulfide) groups is 2. The van der Waals surface area contributed by atoms with Gasteiger partial charge in [0.2, 0.25) is 0 Å². The number of hydrogen-bond acceptors (Lipinski definition) is 3. The van der Waals surface area contributed by atoms with Gasteiger partial charge in [0.1, 0.15) is 0 Å². The van der Waals surface area contributed by atoms with Crippen LogP contribution in [0.15, 0.2) is 67.3 Å². The van der Waals surface area contributed by atoms with Gasteiger partial charge in [-0.05, 0) is 35.4 Å². The SMILES string of the molecule is Clc1ccc(CSCSC(Cn2ccnc2)c2ccc(Cl)cc2)cc1. The minimum atomic E-state index is 0.365. The topological polar surface area (TPSA) is 17.8 Å². The number of aromatic nitrogens is 2. The van der Waals surface area contributed by atoms with Gasteiger partial charge in [0.15, 0.2) is 0 Å². The van der Waals surface area contributed by atoms with Crippen molar-refractivity contribution < 1.29 is 0 Å². The molecule has 0 bridgehead atoms. The molecule has 0 aliphatic carbocycles. The number of halogens is 2. The Morgan fingerprint density at radius 1 is 0.960 bits per heavy atom. The lowest BCUT2D eigenvalue weighted by molar-refractivity contribution is 0.684. The molecule has 0 aliphatic heterocycles. The maximum absolute atomic E-state index is 6.03. The van der Waals surface area contributed by atoms with Crippen molar-refractivity contribution in [2.75, 3.05) is 5.08 Å². The third kappa shape index (κ3) is 6.00. The molecule has 6 heteroatoms. The van der Waals surface area contributed by atoms with E-state index in [1.807, 2.05) is 66.5 Å². The van der Waals surface area contributed by atoms with Crippen LogP contribution in [-0.4, -0.2) is 14.6 Å². The Morgan fingerprint density at radius 3 is 2.28 bits per heavy atom. The summed E-state index contributed by atoms with van der Waals surface area (Å²) in [4.78, 5) is 4.14. The van der Waals surface area contributed by atoms with E-state index in [9.17, 15) is 0 Å². The van der Waals surface area contributed by atoms with Gasteiger partial charge < -0.3 is 4.57 Å². The smallest absolute Gasteiger partial charge is 0.0946 e. The highest BCUT2D eigenvalue weighted by atomic mass is 35.5. The highest BCUT2D eigenvalue weighted by Crippen LogP contribution is 2.34. The lowest BCUT2D eigenvalue weighted by Gasteiger charge is -2.18. The standard InChI is InChI=1S/C19H18Cl2N2S2/c20-17-5-1-15(2-6-17)12-24-14-25-19(11-23-10-9-22-13-23)16-3-7-18(21)8-4-16/h1-10,13,19H,11-12,14H2. The summed E-state index contributed by atoms with van der Waals surface area (Å²) in [6.07, 6.45) is 5.69. The second-order valence-electron chi connectivity index (χ2n) is 5.56. The number of rotatable bonds is 8.